The molecule has 0 spiro atoms. The van der Waals surface area contributed by atoms with Crippen molar-refractivity contribution in [3.8, 4) is 5.75 Å². The Balaban J connectivity index is 2.32. The highest BCUT2D eigenvalue weighted by molar-refractivity contribution is 6.02. The summed E-state index contributed by atoms with van der Waals surface area (Å²) in [5.41, 5.74) is -1.27. The monoisotopic (exact) mass is 370 g/mol. The number of phenols is 1. The van der Waals surface area contributed by atoms with Crippen LogP contribution in [0.4, 0.5) is 0 Å². The quantitative estimate of drug-likeness (QED) is 0.347. The molecule has 0 radical (unpaired) electrons. The first kappa shape index (κ1) is 18.3. The third-order valence-corrected chi connectivity index (χ3v) is 4.08. The van der Waals surface area contributed by atoms with Crippen LogP contribution in [0.25, 0.3) is 28.3 Å². The summed E-state index contributed by atoms with van der Waals surface area (Å²) in [6.45, 7) is 1.32. The highest BCUT2D eigenvalue weighted by atomic mass is 16.4. The van der Waals surface area contributed by atoms with E-state index in [-0.39, 0.29) is 38.6 Å². The molecule has 0 saturated heterocycles. The summed E-state index contributed by atoms with van der Waals surface area (Å²) in [5, 5.41) is 22.7. The number of carboxylic acids is 1. The summed E-state index contributed by atoms with van der Waals surface area (Å²) in [5.74, 6) is -1.53. The molecule has 1 heterocycles. The number of rotatable bonds is 5. The number of fused-ring (bicyclic) bond motifs is 2. The van der Waals surface area contributed by atoms with Crippen molar-refractivity contribution in [3.05, 3.63) is 49.4 Å². The van der Waals surface area contributed by atoms with E-state index in [1.165, 1.54) is 6.20 Å². The fourth-order valence-electron chi connectivity index (χ4n) is 2.71. The van der Waals surface area contributed by atoms with E-state index in [9.17, 15) is 24.6 Å². The summed E-state index contributed by atoms with van der Waals surface area (Å²) in [7, 11) is 3.83. The number of hydrogen-bond acceptors (Lipinski definition) is 7. The van der Waals surface area contributed by atoms with Gasteiger partial charge < -0.3 is 25.4 Å². The second kappa shape index (κ2) is 7.04. The number of nitrogens with zero attached hydrogens (tertiary/aromatic N) is 2. The van der Waals surface area contributed by atoms with Crippen molar-refractivity contribution in [2.75, 3.05) is 27.2 Å². The summed E-state index contributed by atoms with van der Waals surface area (Å²) in [4.78, 5) is 44.8. The number of nitrogens with one attached hydrogen (secondary N) is 2. The minimum absolute atomic E-state index is 0.00839. The molecule has 9 heteroatoms. The first-order valence-electron chi connectivity index (χ1n) is 8.14. The number of aromatic nitrogens is 2. The average Bonchev–Trinajstić information content (AvgIpc) is 2.60. The molecule has 3 aromatic rings. The van der Waals surface area contributed by atoms with Crippen molar-refractivity contribution in [3.63, 3.8) is 0 Å². The van der Waals surface area contributed by atoms with Gasteiger partial charge in [0.05, 0.1) is 16.3 Å². The number of carbonyl (C=O) groups is 1. The topological polar surface area (TPSA) is 136 Å². The number of aromatic amines is 1. The number of carboxylic acid groups (broad SMARTS) is 1. The second-order valence-electron chi connectivity index (χ2n) is 6.31. The van der Waals surface area contributed by atoms with E-state index >= 15 is 0 Å². The van der Waals surface area contributed by atoms with Crippen molar-refractivity contribution >= 4 is 34.2 Å². The van der Waals surface area contributed by atoms with E-state index in [2.05, 4.69) is 15.3 Å². The third-order valence-electron chi connectivity index (χ3n) is 4.08. The van der Waals surface area contributed by atoms with Crippen LogP contribution >= 0.6 is 0 Å². The minimum Gasteiger partial charge on any atom is -0.507 e. The maximum Gasteiger partial charge on any atom is 0.337 e. The molecular formula is C18H18N4O5. The summed E-state index contributed by atoms with van der Waals surface area (Å²) < 4.78 is 0. The molecule has 0 unspecified atom stereocenters. The number of benzene rings is 2. The van der Waals surface area contributed by atoms with E-state index in [1.54, 1.807) is 0 Å². The van der Waals surface area contributed by atoms with Crippen LogP contribution < -0.4 is 21.4 Å². The number of aromatic carboxylic acids is 1. The second-order valence-corrected chi connectivity index (χ2v) is 6.31. The molecule has 140 valence electrons. The molecule has 27 heavy (non-hydrogen) atoms. The Morgan fingerprint density at radius 3 is 2.63 bits per heavy atom. The maximum absolute atomic E-state index is 12.3. The lowest BCUT2D eigenvalue weighted by molar-refractivity contribution is 0.0699. The maximum atomic E-state index is 12.3. The van der Waals surface area contributed by atoms with Gasteiger partial charge in [-0.05, 0) is 26.2 Å². The summed E-state index contributed by atoms with van der Waals surface area (Å²) in [6.07, 6.45) is 1.51. The predicted molar refractivity (Wildman–Crippen MR) is 101 cm³/mol. The summed E-state index contributed by atoms with van der Waals surface area (Å²) in [6, 6.07) is 3.29. The molecule has 0 aliphatic heterocycles. The lowest BCUT2D eigenvalue weighted by Gasteiger charge is -2.09. The summed E-state index contributed by atoms with van der Waals surface area (Å²) >= 11 is 0. The van der Waals surface area contributed by atoms with Gasteiger partial charge in [0.15, 0.2) is 0 Å². The molecule has 9 nitrogen and oxygen atoms in total. The standard InChI is InChI=1S/C18H18N4O5/c1-22(2)6-5-19-8-10-12(24)7-13(25)17-15(10)21-16-11(23)4-3-9(18(26)27)14(16)20-17/h3-4,7-8,19-20,24H,5-6H2,1-2H3,(H,26,27). The van der Waals surface area contributed by atoms with Gasteiger partial charge in [-0.3, -0.25) is 9.59 Å². The van der Waals surface area contributed by atoms with E-state index in [0.29, 0.717) is 6.54 Å². The van der Waals surface area contributed by atoms with Crippen LogP contribution in [0.5, 0.6) is 5.75 Å². The highest BCUT2D eigenvalue weighted by Gasteiger charge is 2.16. The number of aromatic hydroxyl groups is 1. The molecule has 0 aliphatic rings. The van der Waals surface area contributed by atoms with Crippen LogP contribution in [-0.4, -0.2) is 58.2 Å². The molecule has 2 aromatic carbocycles. The van der Waals surface area contributed by atoms with Gasteiger partial charge in [0, 0.05) is 25.4 Å². The first-order chi connectivity index (χ1) is 12.8. The highest BCUT2D eigenvalue weighted by Crippen LogP contribution is 2.15. The lowest BCUT2D eigenvalue weighted by Crippen LogP contribution is -2.25. The van der Waals surface area contributed by atoms with Crippen molar-refractivity contribution in [2.45, 2.75) is 0 Å². The van der Waals surface area contributed by atoms with Crippen molar-refractivity contribution in [1.82, 2.24) is 20.2 Å². The van der Waals surface area contributed by atoms with Gasteiger partial charge in [-0.2, -0.15) is 0 Å². The Kier molecular flexibility index (Phi) is 4.78. The fourth-order valence-corrected chi connectivity index (χ4v) is 2.71. The van der Waals surface area contributed by atoms with Gasteiger partial charge in [0.25, 0.3) is 0 Å². The van der Waals surface area contributed by atoms with Crippen LogP contribution in [0.1, 0.15) is 10.4 Å². The van der Waals surface area contributed by atoms with Crippen LogP contribution in [-0.2, 0) is 0 Å². The molecule has 0 fully saturated rings. The lowest BCUT2D eigenvalue weighted by atomic mass is 10.1. The molecule has 0 bridgehead atoms. The molecule has 1 aromatic heterocycles. The number of phenolic OH excluding ortho intramolecular Hbond substituents is 1. The largest absolute Gasteiger partial charge is 0.507 e. The fraction of sp³-hybridized carbons (Fsp3) is 0.222. The Hall–Kier alpha value is -3.46. The van der Waals surface area contributed by atoms with E-state index in [1.807, 2.05) is 19.0 Å². The van der Waals surface area contributed by atoms with E-state index in [0.717, 1.165) is 24.7 Å². The zero-order valence-electron chi connectivity index (χ0n) is 14.7. The zero-order valence-corrected chi connectivity index (χ0v) is 14.7. The van der Waals surface area contributed by atoms with Crippen molar-refractivity contribution < 1.29 is 15.0 Å². The molecule has 4 N–H and O–H groups in total. The van der Waals surface area contributed by atoms with Gasteiger partial charge in [-0.1, -0.05) is 0 Å². The molecular weight excluding hydrogens is 352 g/mol. The molecule has 0 saturated carbocycles. The van der Waals surface area contributed by atoms with Crippen LogP contribution in [0, 0.1) is 0 Å². The third kappa shape index (κ3) is 3.44. The Morgan fingerprint density at radius 1 is 1.22 bits per heavy atom. The van der Waals surface area contributed by atoms with Crippen molar-refractivity contribution in [1.29, 1.82) is 0 Å². The SMILES string of the molecule is CN(C)CCNC=c1c(O)cc(=O)c2[nH]c3c(C(=O)O)ccc(=O)c3nc12. The number of likely N-dealkylation sites (N-methyl/N-ethyl adjacent to an activating group) is 1. The number of hydrogen-bond donors (Lipinski definition) is 4. The van der Waals surface area contributed by atoms with Gasteiger partial charge >= 0.3 is 5.97 Å². The Morgan fingerprint density at radius 2 is 1.96 bits per heavy atom. The van der Waals surface area contributed by atoms with Crippen LogP contribution in [0.2, 0.25) is 0 Å². The smallest absolute Gasteiger partial charge is 0.337 e. The zero-order chi connectivity index (χ0) is 19.7. The average molecular weight is 370 g/mol. The van der Waals surface area contributed by atoms with Gasteiger partial charge in [-0.25, -0.2) is 9.78 Å². The van der Waals surface area contributed by atoms with Crippen molar-refractivity contribution in [2.24, 2.45) is 0 Å². The molecule has 0 atom stereocenters. The molecule has 3 rings (SSSR count). The van der Waals surface area contributed by atoms with Crippen LogP contribution in [0.3, 0.4) is 0 Å². The van der Waals surface area contributed by atoms with Gasteiger partial charge in [0.1, 0.15) is 22.3 Å². The molecule has 0 amide bonds. The molecule has 0 aliphatic carbocycles. The Bertz CT molecular complexity index is 1220. The van der Waals surface area contributed by atoms with Gasteiger partial charge in [-0.15, -0.1) is 0 Å². The predicted octanol–water partition coefficient (Wildman–Crippen LogP) is -0.552. The Labute approximate surface area is 152 Å². The van der Waals surface area contributed by atoms with E-state index < -0.39 is 16.8 Å². The normalized spacial score (nSPS) is 12.2. The minimum atomic E-state index is -1.25. The number of H-pyrrole nitrogens is 1. The van der Waals surface area contributed by atoms with Crippen LogP contribution in [0.15, 0.2) is 27.8 Å². The van der Waals surface area contributed by atoms with E-state index in [4.69, 9.17) is 0 Å². The first-order valence-corrected chi connectivity index (χ1v) is 8.14. The van der Waals surface area contributed by atoms with Gasteiger partial charge in [0.2, 0.25) is 10.9 Å².